The first-order chi connectivity index (χ1) is 8.73. The number of fused-ring (bicyclic) bond motifs is 1. The van der Waals surface area contributed by atoms with Crippen LogP contribution < -0.4 is 5.73 Å². The maximum absolute atomic E-state index is 12.5. The van der Waals surface area contributed by atoms with Gasteiger partial charge in [0.2, 0.25) is 5.91 Å². The van der Waals surface area contributed by atoms with Crippen LogP contribution in [-0.2, 0) is 9.53 Å². The van der Waals surface area contributed by atoms with Crippen molar-refractivity contribution in [1.82, 2.24) is 4.90 Å². The van der Waals surface area contributed by atoms with Crippen LogP contribution in [-0.4, -0.2) is 49.1 Å². The van der Waals surface area contributed by atoms with Gasteiger partial charge < -0.3 is 15.4 Å². The maximum atomic E-state index is 12.5. The Balaban J connectivity index is 0.00000200. The van der Waals surface area contributed by atoms with E-state index in [-0.39, 0.29) is 24.4 Å². The highest BCUT2D eigenvalue weighted by atomic mass is 35.5. The molecule has 118 valence electrons. The smallest absolute Gasteiger partial charge is 0.255 e. The summed E-state index contributed by atoms with van der Waals surface area (Å²) in [5.41, 5.74) is 4.72. The minimum absolute atomic E-state index is 0. The van der Waals surface area contributed by atoms with E-state index in [9.17, 15) is 13.6 Å². The van der Waals surface area contributed by atoms with Gasteiger partial charge in [-0.15, -0.1) is 12.4 Å². The molecule has 2 N–H and O–H groups in total. The molecule has 20 heavy (non-hydrogen) atoms. The molecular weight excluding hydrogens is 290 g/mol. The van der Waals surface area contributed by atoms with Crippen LogP contribution in [0, 0.1) is 11.3 Å². The minimum Gasteiger partial charge on any atom is -0.377 e. The van der Waals surface area contributed by atoms with Gasteiger partial charge in [-0.3, -0.25) is 4.79 Å². The topological polar surface area (TPSA) is 55.6 Å². The Morgan fingerprint density at radius 3 is 2.65 bits per heavy atom. The van der Waals surface area contributed by atoms with Gasteiger partial charge in [0.1, 0.15) is 5.54 Å². The molecular formula is C13H23ClF2N2O2. The van der Waals surface area contributed by atoms with Crippen LogP contribution in [0.15, 0.2) is 0 Å². The molecule has 1 saturated carbocycles. The summed E-state index contributed by atoms with van der Waals surface area (Å²) in [6.45, 7) is 3.87. The van der Waals surface area contributed by atoms with E-state index in [1.807, 2.05) is 13.8 Å². The van der Waals surface area contributed by atoms with Crippen molar-refractivity contribution in [2.75, 3.05) is 20.2 Å². The molecule has 2 fully saturated rings. The highest BCUT2D eigenvalue weighted by Gasteiger charge is 2.70. The van der Waals surface area contributed by atoms with E-state index in [0.29, 0.717) is 6.61 Å². The largest absolute Gasteiger partial charge is 0.377 e. The number of hydrogen-bond acceptors (Lipinski definition) is 3. The van der Waals surface area contributed by atoms with Crippen molar-refractivity contribution in [3.05, 3.63) is 0 Å². The zero-order valence-electron chi connectivity index (χ0n) is 12.1. The predicted molar refractivity (Wildman–Crippen MR) is 74.1 cm³/mol. The van der Waals surface area contributed by atoms with Crippen LogP contribution in [0.4, 0.5) is 8.78 Å². The van der Waals surface area contributed by atoms with Gasteiger partial charge in [-0.05, 0) is 12.8 Å². The first-order valence-electron chi connectivity index (χ1n) is 6.67. The van der Waals surface area contributed by atoms with Crippen molar-refractivity contribution in [3.8, 4) is 0 Å². The second kappa shape index (κ2) is 5.73. The first kappa shape index (κ1) is 17.6. The molecule has 0 bridgehead atoms. The number of amides is 1. The lowest BCUT2D eigenvalue weighted by molar-refractivity contribution is -0.230. The zero-order valence-corrected chi connectivity index (χ0v) is 12.9. The standard InChI is InChI=1S/C13H22F2N2O2.ClH/c1-12(2)10-8(5-4-6-19-10)13(12,16)11(18)17(3)7-9(14)15;/h8-10H,4-7,16H2,1-3H3;1H. The Hall–Kier alpha value is -0.460. The quantitative estimate of drug-likeness (QED) is 0.862. The number of carbonyl (C=O) groups is 1. The lowest BCUT2D eigenvalue weighted by atomic mass is 9.46. The lowest BCUT2D eigenvalue weighted by Gasteiger charge is -2.65. The molecule has 0 aromatic carbocycles. The molecule has 1 saturated heterocycles. The number of nitrogens with two attached hydrogens (primary N) is 1. The molecule has 0 aromatic rings. The van der Waals surface area contributed by atoms with E-state index in [1.165, 1.54) is 7.05 Å². The Kier molecular flexibility index (Phi) is 5.04. The second-order valence-electron chi connectivity index (χ2n) is 6.21. The molecule has 2 rings (SSSR count). The van der Waals surface area contributed by atoms with Gasteiger partial charge in [0.25, 0.3) is 6.43 Å². The fourth-order valence-electron chi connectivity index (χ4n) is 3.62. The highest BCUT2D eigenvalue weighted by molar-refractivity contribution is 5.89. The Morgan fingerprint density at radius 2 is 2.10 bits per heavy atom. The Labute approximate surface area is 124 Å². The first-order valence-corrected chi connectivity index (χ1v) is 6.67. The summed E-state index contributed by atoms with van der Waals surface area (Å²) in [6.07, 6.45) is -0.907. The number of halogens is 3. The van der Waals surface area contributed by atoms with Gasteiger partial charge in [-0.2, -0.15) is 0 Å². The number of hydrogen-bond donors (Lipinski definition) is 1. The number of nitrogens with zero attached hydrogens (tertiary/aromatic N) is 1. The zero-order chi connectivity index (χ0) is 14.4. The number of ether oxygens (including phenoxy) is 1. The fraction of sp³-hybridized carbons (Fsp3) is 0.923. The van der Waals surface area contributed by atoms with Crippen LogP contribution in [0.1, 0.15) is 26.7 Å². The summed E-state index contributed by atoms with van der Waals surface area (Å²) in [5.74, 6) is -0.464. The van der Waals surface area contributed by atoms with Gasteiger partial charge in [-0.1, -0.05) is 13.8 Å². The molecule has 1 amide bonds. The summed E-state index contributed by atoms with van der Waals surface area (Å²) >= 11 is 0. The van der Waals surface area contributed by atoms with Crippen LogP contribution in [0.25, 0.3) is 0 Å². The van der Waals surface area contributed by atoms with E-state index in [4.69, 9.17) is 10.5 Å². The van der Waals surface area contributed by atoms with E-state index in [0.717, 1.165) is 17.7 Å². The van der Waals surface area contributed by atoms with E-state index < -0.39 is 29.8 Å². The summed E-state index contributed by atoms with van der Waals surface area (Å²) < 4.78 is 30.5. The average molecular weight is 313 g/mol. The highest BCUT2D eigenvalue weighted by Crippen LogP contribution is 2.57. The third kappa shape index (κ3) is 2.31. The van der Waals surface area contributed by atoms with Crippen LogP contribution >= 0.6 is 12.4 Å². The van der Waals surface area contributed by atoms with Gasteiger partial charge in [0.05, 0.1) is 12.6 Å². The van der Waals surface area contributed by atoms with Gasteiger partial charge in [-0.25, -0.2) is 8.78 Å². The summed E-state index contributed by atoms with van der Waals surface area (Å²) in [6, 6.07) is 0. The Bertz CT molecular complexity index is 381. The Morgan fingerprint density at radius 1 is 1.50 bits per heavy atom. The molecule has 2 aliphatic rings. The fourth-order valence-corrected chi connectivity index (χ4v) is 3.62. The van der Waals surface area contributed by atoms with E-state index >= 15 is 0 Å². The maximum Gasteiger partial charge on any atom is 0.255 e. The van der Waals surface area contributed by atoms with Crippen molar-refractivity contribution in [2.24, 2.45) is 17.1 Å². The number of carbonyl (C=O) groups excluding carboxylic acids is 1. The van der Waals surface area contributed by atoms with Crippen molar-refractivity contribution in [2.45, 2.75) is 44.8 Å². The second-order valence-corrected chi connectivity index (χ2v) is 6.21. The molecule has 0 aromatic heterocycles. The van der Waals surface area contributed by atoms with Gasteiger partial charge in [0, 0.05) is 25.0 Å². The van der Waals surface area contributed by atoms with Gasteiger partial charge in [0.15, 0.2) is 0 Å². The molecule has 7 heteroatoms. The average Bonchev–Trinajstić information content (AvgIpc) is 2.36. The van der Waals surface area contributed by atoms with Crippen LogP contribution in [0.5, 0.6) is 0 Å². The normalized spacial score (nSPS) is 34.8. The third-order valence-electron chi connectivity index (χ3n) is 4.80. The molecule has 3 atom stereocenters. The van der Waals surface area contributed by atoms with Crippen molar-refractivity contribution in [1.29, 1.82) is 0 Å². The molecule has 0 spiro atoms. The van der Waals surface area contributed by atoms with Gasteiger partial charge >= 0.3 is 0 Å². The molecule has 1 aliphatic heterocycles. The predicted octanol–water partition coefficient (Wildman–Crippen LogP) is 1.66. The molecule has 1 aliphatic carbocycles. The molecule has 0 radical (unpaired) electrons. The monoisotopic (exact) mass is 312 g/mol. The van der Waals surface area contributed by atoms with Crippen molar-refractivity contribution >= 4 is 18.3 Å². The lowest BCUT2D eigenvalue weighted by Crippen LogP contribution is -2.82. The van der Waals surface area contributed by atoms with E-state index in [1.54, 1.807) is 0 Å². The van der Waals surface area contributed by atoms with E-state index in [2.05, 4.69) is 0 Å². The number of alkyl halides is 2. The summed E-state index contributed by atoms with van der Waals surface area (Å²) in [7, 11) is 1.39. The SMILES string of the molecule is CN(CC(F)F)C(=O)C1(N)C2CCCOC2C1(C)C.Cl. The summed E-state index contributed by atoms with van der Waals surface area (Å²) in [5, 5.41) is 0. The van der Waals surface area contributed by atoms with Crippen LogP contribution in [0.2, 0.25) is 0 Å². The molecule has 3 unspecified atom stereocenters. The van der Waals surface area contributed by atoms with Crippen LogP contribution in [0.3, 0.4) is 0 Å². The minimum atomic E-state index is -2.54. The number of rotatable bonds is 3. The molecule has 1 heterocycles. The summed E-state index contributed by atoms with van der Waals surface area (Å²) in [4.78, 5) is 13.5. The molecule has 4 nitrogen and oxygen atoms in total. The third-order valence-corrected chi connectivity index (χ3v) is 4.80. The number of likely N-dealkylation sites (N-methyl/N-ethyl adjacent to an activating group) is 1. The van der Waals surface area contributed by atoms with Crippen molar-refractivity contribution in [3.63, 3.8) is 0 Å². The van der Waals surface area contributed by atoms with Crippen molar-refractivity contribution < 1.29 is 18.3 Å².